The lowest BCUT2D eigenvalue weighted by molar-refractivity contribution is 0.150. The van der Waals surface area contributed by atoms with E-state index in [1.165, 1.54) is 0 Å². The van der Waals surface area contributed by atoms with Crippen LogP contribution >= 0.6 is 0 Å². The van der Waals surface area contributed by atoms with E-state index in [0.29, 0.717) is 12.4 Å². The Morgan fingerprint density at radius 1 is 1.44 bits per heavy atom. The predicted molar refractivity (Wildman–Crippen MR) is 95.0 cm³/mol. The first kappa shape index (κ1) is 17.4. The second-order valence-electron chi connectivity index (χ2n) is 6.27. The van der Waals surface area contributed by atoms with Gasteiger partial charge in [-0.2, -0.15) is 5.10 Å². The van der Waals surface area contributed by atoms with Crippen LogP contribution in [0.25, 0.3) is 11.4 Å². The molecular formula is C18H25N5O2. The predicted octanol–water partition coefficient (Wildman–Crippen LogP) is 2.74. The third-order valence-electron chi connectivity index (χ3n) is 4.55. The van der Waals surface area contributed by atoms with Crippen molar-refractivity contribution in [3.05, 3.63) is 36.2 Å². The van der Waals surface area contributed by atoms with Crippen molar-refractivity contribution in [2.45, 2.75) is 38.3 Å². The summed E-state index contributed by atoms with van der Waals surface area (Å²) in [6.45, 7) is 3.27. The molecule has 2 heterocycles. The summed E-state index contributed by atoms with van der Waals surface area (Å²) in [5.74, 6) is 1.40. The van der Waals surface area contributed by atoms with Crippen LogP contribution in [0.5, 0.6) is 0 Å². The molecule has 2 atom stereocenters. The number of nitrogens with zero attached hydrogens (tertiary/aromatic N) is 3. The summed E-state index contributed by atoms with van der Waals surface area (Å²) < 4.78 is 5.16. The minimum atomic E-state index is -0.0657. The molecule has 1 aliphatic rings. The SMILES string of the molecule is CC[C@@H](COC)NC(=O)N1CCC[C@H]1c1nc(-c2ccccc2)n[nH]1. The molecule has 0 bridgehead atoms. The minimum Gasteiger partial charge on any atom is -0.383 e. The molecule has 7 heteroatoms. The Balaban J connectivity index is 1.71. The van der Waals surface area contributed by atoms with E-state index in [-0.39, 0.29) is 18.1 Å². The molecule has 2 N–H and O–H groups in total. The van der Waals surface area contributed by atoms with Gasteiger partial charge in [0.2, 0.25) is 0 Å². The fourth-order valence-electron chi connectivity index (χ4n) is 3.15. The van der Waals surface area contributed by atoms with E-state index >= 15 is 0 Å². The van der Waals surface area contributed by atoms with Crippen molar-refractivity contribution in [2.24, 2.45) is 0 Å². The molecule has 1 fully saturated rings. The Labute approximate surface area is 147 Å². The number of rotatable bonds is 6. The number of urea groups is 1. The van der Waals surface area contributed by atoms with Gasteiger partial charge in [-0.05, 0) is 19.3 Å². The molecule has 0 spiro atoms. The van der Waals surface area contributed by atoms with Crippen molar-refractivity contribution in [1.29, 1.82) is 0 Å². The number of likely N-dealkylation sites (tertiary alicyclic amines) is 1. The molecule has 134 valence electrons. The highest BCUT2D eigenvalue weighted by Gasteiger charge is 2.33. The fraction of sp³-hybridized carbons (Fsp3) is 0.500. The molecule has 1 aromatic heterocycles. The normalized spacial score (nSPS) is 18.3. The standard InChI is InChI=1S/C18H25N5O2/c1-3-14(12-25-2)19-18(24)23-11-7-10-15(23)17-20-16(21-22-17)13-8-5-4-6-9-13/h4-6,8-9,14-15H,3,7,10-12H2,1-2H3,(H,19,24)(H,20,21,22)/t14-,15-/m0/s1. The first-order valence-corrected chi connectivity index (χ1v) is 8.76. The quantitative estimate of drug-likeness (QED) is 0.845. The zero-order chi connectivity index (χ0) is 17.6. The van der Waals surface area contributed by atoms with Crippen LogP contribution in [0, 0.1) is 0 Å². The highest BCUT2D eigenvalue weighted by atomic mass is 16.5. The molecule has 0 radical (unpaired) electrons. The number of aromatic amines is 1. The number of amides is 2. The lowest BCUT2D eigenvalue weighted by Crippen LogP contribution is -2.46. The van der Waals surface area contributed by atoms with Crippen LogP contribution in [-0.2, 0) is 4.74 Å². The van der Waals surface area contributed by atoms with Gasteiger partial charge in [-0.25, -0.2) is 9.78 Å². The van der Waals surface area contributed by atoms with Crippen LogP contribution < -0.4 is 5.32 Å². The molecule has 1 saturated heterocycles. The molecule has 7 nitrogen and oxygen atoms in total. The minimum absolute atomic E-state index is 0.0216. The summed E-state index contributed by atoms with van der Waals surface area (Å²) in [5, 5.41) is 10.4. The molecule has 3 rings (SSSR count). The Morgan fingerprint density at radius 2 is 2.24 bits per heavy atom. The van der Waals surface area contributed by atoms with E-state index in [1.54, 1.807) is 7.11 Å². The summed E-state index contributed by atoms with van der Waals surface area (Å²) in [6, 6.07) is 9.72. The Kier molecular flexibility index (Phi) is 5.65. The third-order valence-corrected chi connectivity index (χ3v) is 4.55. The summed E-state index contributed by atoms with van der Waals surface area (Å²) in [7, 11) is 1.65. The van der Waals surface area contributed by atoms with Gasteiger partial charge in [-0.3, -0.25) is 5.10 Å². The van der Waals surface area contributed by atoms with E-state index in [4.69, 9.17) is 4.74 Å². The number of aromatic nitrogens is 3. The lowest BCUT2D eigenvalue weighted by Gasteiger charge is -2.26. The smallest absolute Gasteiger partial charge is 0.318 e. The molecular weight excluding hydrogens is 318 g/mol. The maximum atomic E-state index is 12.6. The van der Waals surface area contributed by atoms with E-state index < -0.39 is 0 Å². The fourth-order valence-corrected chi connectivity index (χ4v) is 3.15. The second-order valence-corrected chi connectivity index (χ2v) is 6.27. The van der Waals surface area contributed by atoms with Crippen LogP contribution in [0.2, 0.25) is 0 Å². The van der Waals surface area contributed by atoms with Gasteiger partial charge >= 0.3 is 6.03 Å². The first-order valence-electron chi connectivity index (χ1n) is 8.76. The largest absolute Gasteiger partial charge is 0.383 e. The Bertz CT molecular complexity index is 688. The van der Waals surface area contributed by atoms with Crippen molar-refractivity contribution >= 4 is 6.03 Å². The highest BCUT2D eigenvalue weighted by molar-refractivity contribution is 5.75. The van der Waals surface area contributed by atoms with Gasteiger partial charge in [0, 0.05) is 19.2 Å². The summed E-state index contributed by atoms with van der Waals surface area (Å²) in [6.07, 6.45) is 2.68. The van der Waals surface area contributed by atoms with Crippen LogP contribution in [-0.4, -0.2) is 52.4 Å². The summed E-state index contributed by atoms with van der Waals surface area (Å²) >= 11 is 0. The summed E-state index contributed by atoms with van der Waals surface area (Å²) in [5.41, 5.74) is 0.963. The van der Waals surface area contributed by atoms with Gasteiger partial charge in [0.1, 0.15) is 5.82 Å². The van der Waals surface area contributed by atoms with Gasteiger partial charge in [-0.1, -0.05) is 37.3 Å². The van der Waals surface area contributed by atoms with Crippen molar-refractivity contribution in [1.82, 2.24) is 25.4 Å². The number of methoxy groups -OCH3 is 1. The average Bonchev–Trinajstić information content (AvgIpc) is 3.31. The van der Waals surface area contributed by atoms with Crippen molar-refractivity contribution in [3.8, 4) is 11.4 Å². The lowest BCUT2D eigenvalue weighted by atomic mass is 10.2. The number of hydrogen-bond acceptors (Lipinski definition) is 4. The maximum Gasteiger partial charge on any atom is 0.318 e. The number of carbonyl (C=O) groups excluding carboxylic acids is 1. The monoisotopic (exact) mass is 343 g/mol. The number of H-pyrrole nitrogens is 1. The van der Waals surface area contributed by atoms with Crippen LogP contribution in [0.15, 0.2) is 30.3 Å². The zero-order valence-electron chi connectivity index (χ0n) is 14.7. The second kappa shape index (κ2) is 8.11. The van der Waals surface area contributed by atoms with Crippen LogP contribution in [0.4, 0.5) is 4.79 Å². The Morgan fingerprint density at radius 3 is 2.96 bits per heavy atom. The van der Waals surface area contributed by atoms with Gasteiger partial charge < -0.3 is 15.0 Å². The highest BCUT2D eigenvalue weighted by Crippen LogP contribution is 2.30. The van der Waals surface area contributed by atoms with E-state index in [0.717, 1.165) is 37.2 Å². The van der Waals surface area contributed by atoms with Crippen LogP contribution in [0.3, 0.4) is 0 Å². The third kappa shape index (κ3) is 3.99. The Hall–Kier alpha value is -2.41. The topological polar surface area (TPSA) is 83.1 Å². The van der Waals surface area contributed by atoms with Crippen molar-refractivity contribution < 1.29 is 9.53 Å². The number of benzene rings is 1. The zero-order valence-corrected chi connectivity index (χ0v) is 14.7. The van der Waals surface area contributed by atoms with Crippen LogP contribution in [0.1, 0.15) is 38.1 Å². The molecule has 0 unspecified atom stereocenters. The molecule has 0 aliphatic carbocycles. The molecule has 2 aromatic rings. The molecule has 1 aromatic carbocycles. The number of nitrogens with one attached hydrogen (secondary N) is 2. The van der Waals surface area contributed by atoms with Crippen molar-refractivity contribution in [2.75, 3.05) is 20.3 Å². The molecule has 1 aliphatic heterocycles. The number of hydrogen-bond donors (Lipinski definition) is 2. The van der Waals surface area contributed by atoms with E-state index in [2.05, 4.69) is 20.5 Å². The first-order chi connectivity index (χ1) is 12.2. The summed E-state index contributed by atoms with van der Waals surface area (Å²) in [4.78, 5) is 19.1. The average molecular weight is 343 g/mol. The van der Waals surface area contributed by atoms with Gasteiger partial charge in [-0.15, -0.1) is 0 Å². The molecule has 2 amide bonds. The molecule has 25 heavy (non-hydrogen) atoms. The van der Waals surface area contributed by atoms with Gasteiger partial charge in [0.25, 0.3) is 0 Å². The number of ether oxygens (including phenoxy) is 1. The van der Waals surface area contributed by atoms with Crippen molar-refractivity contribution in [3.63, 3.8) is 0 Å². The number of carbonyl (C=O) groups is 1. The van der Waals surface area contributed by atoms with E-state index in [9.17, 15) is 4.79 Å². The maximum absolute atomic E-state index is 12.6. The van der Waals surface area contributed by atoms with E-state index in [1.807, 2.05) is 42.2 Å². The van der Waals surface area contributed by atoms with Gasteiger partial charge in [0.05, 0.1) is 18.7 Å². The molecule has 0 saturated carbocycles. The van der Waals surface area contributed by atoms with Gasteiger partial charge in [0.15, 0.2) is 5.82 Å².